The molecule has 2 unspecified atom stereocenters. The van der Waals surface area contributed by atoms with Crippen molar-refractivity contribution in [1.82, 2.24) is 10.3 Å². The van der Waals surface area contributed by atoms with Crippen LogP contribution in [0.1, 0.15) is 11.3 Å². The fourth-order valence-corrected chi connectivity index (χ4v) is 2.61. The van der Waals surface area contributed by atoms with Crippen molar-refractivity contribution in [2.75, 3.05) is 18.4 Å². The minimum atomic E-state index is -4.49. The second-order valence-electron chi connectivity index (χ2n) is 4.86. The molecule has 0 aromatic carbocycles. The van der Waals surface area contributed by atoms with Crippen LogP contribution in [0.25, 0.3) is 0 Å². The van der Waals surface area contributed by atoms with Crippen LogP contribution < -0.4 is 10.6 Å². The van der Waals surface area contributed by atoms with Crippen LogP contribution in [0.4, 0.5) is 19.0 Å². The third-order valence-corrected chi connectivity index (χ3v) is 3.70. The van der Waals surface area contributed by atoms with Crippen molar-refractivity contribution >= 4 is 5.82 Å². The summed E-state index contributed by atoms with van der Waals surface area (Å²) in [6.45, 7) is 1.73. The molecule has 0 spiro atoms. The summed E-state index contributed by atoms with van der Waals surface area (Å²) >= 11 is 0. The lowest BCUT2D eigenvalue weighted by molar-refractivity contribution is -0.141. The van der Waals surface area contributed by atoms with Crippen LogP contribution in [0.5, 0.6) is 0 Å². The summed E-state index contributed by atoms with van der Waals surface area (Å²) in [6.07, 6.45) is -4.49. The Balaban J connectivity index is 1.84. The van der Waals surface area contributed by atoms with Gasteiger partial charge in [0.2, 0.25) is 0 Å². The number of hydrogen-bond acceptors (Lipinski definition) is 4. The largest absolute Gasteiger partial charge is 0.433 e. The van der Waals surface area contributed by atoms with Crippen LogP contribution in [-0.4, -0.2) is 24.1 Å². The van der Waals surface area contributed by atoms with E-state index in [-0.39, 0.29) is 17.4 Å². The molecule has 19 heavy (non-hydrogen) atoms. The standard InChI is InChI=1S/C12H11F3N4/c13-12(14,15)9-2-1-6(3-16)11(18-9)19-10-7-4-17-5-8(7)10/h1-2,7-8,10,17H,4-5H2,(H,18,19). The Bertz CT molecular complexity index is 539. The molecule has 2 atom stereocenters. The van der Waals surface area contributed by atoms with Crippen molar-refractivity contribution in [3.63, 3.8) is 0 Å². The van der Waals surface area contributed by atoms with Crippen molar-refractivity contribution in [2.24, 2.45) is 11.8 Å². The van der Waals surface area contributed by atoms with Crippen molar-refractivity contribution in [3.8, 4) is 6.07 Å². The van der Waals surface area contributed by atoms with E-state index in [4.69, 9.17) is 5.26 Å². The second kappa shape index (κ2) is 4.10. The van der Waals surface area contributed by atoms with Gasteiger partial charge in [0.05, 0.1) is 5.56 Å². The average molecular weight is 268 g/mol. The molecule has 2 fully saturated rings. The van der Waals surface area contributed by atoms with Gasteiger partial charge < -0.3 is 10.6 Å². The normalized spacial score (nSPS) is 28.6. The number of alkyl halides is 3. The number of nitrogens with zero attached hydrogens (tertiary/aromatic N) is 2. The number of aromatic nitrogens is 1. The quantitative estimate of drug-likeness (QED) is 0.855. The highest BCUT2D eigenvalue weighted by molar-refractivity contribution is 5.54. The lowest BCUT2D eigenvalue weighted by Crippen LogP contribution is -2.22. The van der Waals surface area contributed by atoms with E-state index in [0.717, 1.165) is 25.2 Å². The molecule has 1 saturated carbocycles. The molecule has 0 amide bonds. The Morgan fingerprint density at radius 1 is 1.32 bits per heavy atom. The van der Waals surface area contributed by atoms with Crippen molar-refractivity contribution < 1.29 is 13.2 Å². The first kappa shape index (κ1) is 12.2. The molecule has 1 aromatic rings. The minimum Gasteiger partial charge on any atom is -0.366 e. The van der Waals surface area contributed by atoms with Gasteiger partial charge in [-0.25, -0.2) is 4.98 Å². The van der Waals surface area contributed by atoms with Gasteiger partial charge in [-0.3, -0.25) is 0 Å². The lowest BCUT2D eigenvalue weighted by Gasteiger charge is -2.12. The predicted octanol–water partition coefficient (Wildman–Crippen LogP) is 1.60. The predicted molar refractivity (Wildman–Crippen MR) is 61.2 cm³/mol. The van der Waals surface area contributed by atoms with E-state index in [1.54, 1.807) is 0 Å². The molecular weight excluding hydrogens is 257 g/mol. The maximum absolute atomic E-state index is 12.6. The molecule has 2 heterocycles. The highest BCUT2D eigenvalue weighted by atomic mass is 19.4. The summed E-state index contributed by atoms with van der Waals surface area (Å²) in [6, 6.07) is 3.99. The van der Waals surface area contributed by atoms with E-state index in [0.29, 0.717) is 11.8 Å². The molecule has 2 aliphatic rings. The molecule has 100 valence electrons. The number of pyridine rings is 1. The monoisotopic (exact) mass is 268 g/mol. The lowest BCUT2D eigenvalue weighted by atomic mass is 10.2. The van der Waals surface area contributed by atoms with Crippen molar-refractivity contribution in [2.45, 2.75) is 12.2 Å². The highest BCUT2D eigenvalue weighted by Gasteiger charge is 2.53. The van der Waals surface area contributed by atoms with Gasteiger partial charge in [-0.15, -0.1) is 0 Å². The molecule has 4 nitrogen and oxygen atoms in total. The van der Waals surface area contributed by atoms with Crippen molar-refractivity contribution in [1.29, 1.82) is 5.26 Å². The van der Waals surface area contributed by atoms with Gasteiger partial charge in [0.15, 0.2) is 0 Å². The summed E-state index contributed by atoms with van der Waals surface area (Å²) in [5, 5.41) is 15.1. The Kier molecular flexibility index (Phi) is 2.64. The zero-order chi connectivity index (χ0) is 13.6. The molecule has 2 N–H and O–H groups in total. The number of rotatable bonds is 2. The molecule has 7 heteroatoms. The average Bonchev–Trinajstić information content (AvgIpc) is 2.81. The van der Waals surface area contributed by atoms with E-state index in [2.05, 4.69) is 15.6 Å². The summed E-state index contributed by atoms with van der Waals surface area (Å²) < 4.78 is 37.8. The Morgan fingerprint density at radius 3 is 2.58 bits per heavy atom. The Hall–Kier alpha value is -1.81. The molecule has 1 aliphatic carbocycles. The third kappa shape index (κ3) is 2.12. The zero-order valence-electron chi connectivity index (χ0n) is 9.83. The summed E-state index contributed by atoms with van der Waals surface area (Å²) in [7, 11) is 0. The summed E-state index contributed by atoms with van der Waals surface area (Å²) in [4.78, 5) is 3.54. The van der Waals surface area contributed by atoms with E-state index in [9.17, 15) is 13.2 Å². The molecule has 1 aliphatic heterocycles. The van der Waals surface area contributed by atoms with E-state index in [1.807, 2.05) is 6.07 Å². The SMILES string of the molecule is N#Cc1ccc(C(F)(F)F)nc1NC1C2CNCC21. The zero-order valence-corrected chi connectivity index (χ0v) is 9.83. The first-order valence-corrected chi connectivity index (χ1v) is 5.96. The van der Waals surface area contributed by atoms with Gasteiger partial charge in [-0.2, -0.15) is 18.4 Å². The van der Waals surface area contributed by atoms with Gasteiger partial charge in [0, 0.05) is 19.1 Å². The minimum absolute atomic E-state index is 0.0386. The fourth-order valence-electron chi connectivity index (χ4n) is 2.61. The van der Waals surface area contributed by atoms with Crippen LogP contribution in [0, 0.1) is 23.2 Å². The van der Waals surface area contributed by atoms with Crippen LogP contribution in [0.2, 0.25) is 0 Å². The molecule has 1 saturated heterocycles. The van der Waals surface area contributed by atoms with Gasteiger partial charge in [-0.05, 0) is 24.0 Å². The van der Waals surface area contributed by atoms with Gasteiger partial charge in [-0.1, -0.05) is 0 Å². The number of hydrogen-bond donors (Lipinski definition) is 2. The number of nitriles is 1. The number of anilines is 1. The second-order valence-corrected chi connectivity index (χ2v) is 4.86. The highest BCUT2D eigenvalue weighted by Crippen LogP contribution is 2.44. The van der Waals surface area contributed by atoms with Crippen molar-refractivity contribution in [3.05, 3.63) is 23.4 Å². The molecule has 3 rings (SSSR count). The van der Waals surface area contributed by atoms with Crippen LogP contribution in [0.3, 0.4) is 0 Å². The van der Waals surface area contributed by atoms with Gasteiger partial charge >= 0.3 is 6.18 Å². The molecular formula is C12H11F3N4. The van der Waals surface area contributed by atoms with Gasteiger partial charge in [0.1, 0.15) is 17.6 Å². The van der Waals surface area contributed by atoms with E-state index >= 15 is 0 Å². The van der Waals surface area contributed by atoms with E-state index < -0.39 is 11.9 Å². The topological polar surface area (TPSA) is 60.7 Å². The number of fused-ring (bicyclic) bond motifs is 1. The Morgan fingerprint density at radius 2 is 2.00 bits per heavy atom. The Labute approximate surface area is 107 Å². The number of halogens is 3. The maximum atomic E-state index is 12.6. The smallest absolute Gasteiger partial charge is 0.366 e. The van der Waals surface area contributed by atoms with Crippen LogP contribution in [0.15, 0.2) is 12.1 Å². The summed E-state index contributed by atoms with van der Waals surface area (Å²) in [5.74, 6) is 0.905. The third-order valence-electron chi connectivity index (χ3n) is 3.70. The molecule has 0 radical (unpaired) electrons. The first-order valence-electron chi connectivity index (χ1n) is 5.96. The number of nitrogens with one attached hydrogen (secondary N) is 2. The van der Waals surface area contributed by atoms with Crippen LogP contribution in [-0.2, 0) is 6.18 Å². The van der Waals surface area contributed by atoms with Gasteiger partial charge in [0.25, 0.3) is 0 Å². The molecule has 0 bridgehead atoms. The van der Waals surface area contributed by atoms with E-state index in [1.165, 1.54) is 0 Å². The first-order chi connectivity index (χ1) is 9.00. The maximum Gasteiger partial charge on any atom is 0.433 e. The number of piperidine rings is 1. The summed E-state index contributed by atoms with van der Waals surface area (Å²) in [5.41, 5.74) is -0.830. The molecule has 1 aromatic heterocycles. The van der Waals surface area contributed by atoms with Crippen LogP contribution >= 0.6 is 0 Å². The fraction of sp³-hybridized carbons (Fsp3) is 0.500.